The quantitative estimate of drug-likeness (QED) is 0.888. The molecule has 0 aliphatic rings. The van der Waals surface area contributed by atoms with Crippen molar-refractivity contribution in [3.63, 3.8) is 0 Å². The number of hydrogen-bond acceptors (Lipinski definition) is 2. The first kappa shape index (κ1) is 12.9. The Hall–Kier alpha value is -2.56. The van der Waals surface area contributed by atoms with Gasteiger partial charge in [0.1, 0.15) is 5.75 Å². The lowest BCUT2D eigenvalue weighted by Gasteiger charge is -2.07. The van der Waals surface area contributed by atoms with E-state index in [9.17, 15) is 4.79 Å². The van der Waals surface area contributed by atoms with Crippen molar-refractivity contribution in [3.05, 3.63) is 48.2 Å². The third-order valence-corrected chi connectivity index (χ3v) is 2.57. The highest BCUT2D eigenvalue weighted by Gasteiger charge is 2.11. The van der Waals surface area contributed by atoms with E-state index in [-0.39, 0.29) is 6.03 Å². The number of aromatic amines is 1. The van der Waals surface area contributed by atoms with Gasteiger partial charge < -0.3 is 4.74 Å². The molecule has 0 aliphatic heterocycles. The van der Waals surface area contributed by atoms with Crippen molar-refractivity contribution in [2.24, 2.45) is 0 Å². The van der Waals surface area contributed by atoms with E-state index < -0.39 is 0 Å². The van der Waals surface area contributed by atoms with E-state index in [1.165, 1.54) is 0 Å². The second-order valence-electron chi connectivity index (χ2n) is 4.06. The van der Waals surface area contributed by atoms with E-state index in [0.717, 1.165) is 5.56 Å². The van der Waals surface area contributed by atoms with Crippen LogP contribution in [0.1, 0.15) is 5.56 Å². The van der Waals surface area contributed by atoms with Crippen LogP contribution in [-0.2, 0) is 0 Å². The van der Waals surface area contributed by atoms with Crippen molar-refractivity contribution >= 4 is 17.5 Å². The molecule has 0 spiro atoms. The number of nitrogens with one attached hydrogen (secondary N) is 3. The number of carbonyl (C=O) groups excluding carboxylic acids is 1. The number of urea groups is 1. The molecule has 5 nitrogen and oxygen atoms in total. The van der Waals surface area contributed by atoms with Gasteiger partial charge >= 0.3 is 6.03 Å². The van der Waals surface area contributed by atoms with Gasteiger partial charge in [0.05, 0.1) is 19.0 Å². The molecule has 0 radical (unpaired) electrons. The predicted octanol–water partition coefficient (Wildman–Crippen LogP) is 2.46. The van der Waals surface area contributed by atoms with Crippen LogP contribution in [0, 0.1) is 6.92 Å². The fourth-order valence-corrected chi connectivity index (χ4v) is 1.60. The number of anilines is 2. The molecule has 19 heavy (non-hydrogen) atoms. The molecule has 3 N–H and O–H groups in total. The summed E-state index contributed by atoms with van der Waals surface area (Å²) >= 11 is 0. The summed E-state index contributed by atoms with van der Waals surface area (Å²) in [6, 6.07) is 10.6. The van der Waals surface area contributed by atoms with Crippen molar-refractivity contribution in [1.29, 1.82) is 0 Å². The highest BCUT2D eigenvalue weighted by molar-refractivity contribution is 5.99. The first-order valence-corrected chi connectivity index (χ1v) is 5.88. The zero-order chi connectivity index (χ0) is 13.7. The Morgan fingerprint density at radius 1 is 1.16 bits per heavy atom. The minimum atomic E-state index is -0.329. The van der Waals surface area contributed by atoms with Crippen LogP contribution in [0.4, 0.5) is 16.3 Å². The molecule has 0 saturated heterocycles. The van der Waals surface area contributed by atoms with Gasteiger partial charge in [-0.2, -0.15) is 5.32 Å². The number of aromatic nitrogens is 1. The third kappa shape index (κ3) is 3.45. The van der Waals surface area contributed by atoms with E-state index in [4.69, 9.17) is 4.74 Å². The van der Waals surface area contributed by atoms with Crippen molar-refractivity contribution in [2.45, 2.75) is 6.92 Å². The SMILES string of the molecule is COc1ccccc1NC(=O)Nc1ccc(C)c[nH+]1. The maximum absolute atomic E-state index is 11.8. The van der Waals surface area contributed by atoms with Gasteiger partial charge in [-0.05, 0) is 30.7 Å². The number of benzene rings is 1. The first-order chi connectivity index (χ1) is 9.19. The van der Waals surface area contributed by atoms with Gasteiger partial charge in [0.2, 0.25) is 0 Å². The molecule has 0 saturated carbocycles. The van der Waals surface area contributed by atoms with Crippen LogP contribution in [0.5, 0.6) is 5.75 Å². The molecular formula is C14H16N3O2+. The van der Waals surface area contributed by atoms with E-state index >= 15 is 0 Å². The summed E-state index contributed by atoms with van der Waals surface area (Å²) in [4.78, 5) is 14.8. The molecule has 0 bridgehead atoms. The summed E-state index contributed by atoms with van der Waals surface area (Å²) in [6.07, 6.45) is 1.82. The third-order valence-electron chi connectivity index (χ3n) is 2.57. The summed E-state index contributed by atoms with van der Waals surface area (Å²) in [7, 11) is 1.56. The molecule has 0 unspecified atom stereocenters. The number of carbonyl (C=O) groups is 1. The second kappa shape index (κ2) is 5.86. The van der Waals surface area contributed by atoms with Gasteiger partial charge in [-0.25, -0.2) is 9.78 Å². The molecule has 0 aliphatic carbocycles. The van der Waals surface area contributed by atoms with Crippen LogP contribution < -0.4 is 20.4 Å². The van der Waals surface area contributed by atoms with E-state index in [0.29, 0.717) is 17.3 Å². The van der Waals surface area contributed by atoms with Crippen LogP contribution in [0.2, 0.25) is 0 Å². The number of amides is 2. The van der Waals surface area contributed by atoms with Crippen molar-refractivity contribution < 1.29 is 14.5 Å². The van der Waals surface area contributed by atoms with Gasteiger partial charge in [-0.15, -0.1) is 0 Å². The number of hydrogen-bond donors (Lipinski definition) is 2. The number of pyridine rings is 1. The molecule has 5 heteroatoms. The van der Waals surface area contributed by atoms with Crippen LogP contribution in [-0.4, -0.2) is 13.1 Å². The van der Waals surface area contributed by atoms with Gasteiger partial charge in [0, 0.05) is 6.07 Å². The molecule has 1 aromatic heterocycles. The maximum Gasteiger partial charge on any atom is 0.411 e. The Balaban J connectivity index is 2.03. The maximum atomic E-state index is 11.8. The molecule has 98 valence electrons. The highest BCUT2D eigenvalue weighted by atomic mass is 16.5. The van der Waals surface area contributed by atoms with Crippen molar-refractivity contribution in [1.82, 2.24) is 0 Å². The topological polar surface area (TPSA) is 64.5 Å². The molecule has 2 aromatic rings. The van der Waals surface area contributed by atoms with Gasteiger partial charge in [0.15, 0.2) is 0 Å². The van der Waals surface area contributed by atoms with Crippen molar-refractivity contribution in [3.8, 4) is 5.75 Å². The summed E-state index contributed by atoms with van der Waals surface area (Å²) < 4.78 is 5.16. The Morgan fingerprint density at radius 2 is 1.95 bits per heavy atom. The number of methoxy groups -OCH3 is 1. The monoisotopic (exact) mass is 258 g/mol. The Kier molecular flexibility index (Phi) is 3.97. The van der Waals surface area contributed by atoms with Gasteiger partial charge in [-0.1, -0.05) is 12.1 Å². The van der Waals surface area contributed by atoms with Gasteiger partial charge in [0.25, 0.3) is 5.82 Å². The van der Waals surface area contributed by atoms with E-state index in [2.05, 4.69) is 15.6 Å². The fraction of sp³-hybridized carbons (Fsp3) is 0.143. The molecule has 0 fully saturated rings. The molecular weight excluding hydrogens is 242 g/mol. The Bertz CT molecular complexity index is 567. The van der Waals surface area contributed by atoms with Crippen LogP contribution in [0.3, 0.4) is 0 Å². The Labute approximate surface area is 111 Å². The fourth-order valence-electron chi connectivity index (χ4n) is 1.60. The zero-order valence-corrected chi connectivity index (χ0v) is 10.9. The number of ether oxygens (including phenoxy) is 1. The summed E-state index contributed by atoms with van der Waals surface area (Å²) in [5.41, 5.74) is 1.71. The largest absolute Gasteiger partial charge is 0.495 e. The zero-order valence-electron chi connectivity index (χ0n) is 10.9. The average molecular weight is 258 g/mol. The number of para-hydroxylation sites is 2. The summed E-state index contributed by atoms with van der Waals surface area (Å²) in [5.74, 6) is 1.24. The first-order valence-electron chi connectivity index (χ1n) is 5.88. The van der Waals surface area contributed by atoms with Gasteiger partial charge in [-0.3, -0.25) is 5.32 Å². The normalized spacial score (nSPS) is 9.79. The molecule has 2 amide bonds. The average Bonchev–Trinajstić information content (AvgIpc) is 2.42. The summed E-state index contributed by atoms with van der Waals surface area (Å²) in [6.45, 7) is 1.97. The predicted molar refractivity (Wildman–Crippen MR) is 73.4 cm³/mol. The number of H-pyrrole nitrogens is 1. The molecule has 0 atom stereocenters. The van der Waals surface area contributed by atoms with Crippen LogP contribution in [0.25, 0.3) is 0 Å². The number of rotatable bonds is 3. The van der Waals surface area contributed by atoms with Crippen molar-refractivity contribution in [2.75, 3.05) is 17.7 Å². The van der Waals surface area contributed by atoms with E-state index in [1.807, 2.05) is 31.3 Å². The standard InChI is InChI=1S/C14H15N3O2/c1-10-7-8-13(15-9-10)17-14(18)16-11-5-3-4-6-12(11)19-2/h3-9H,1-2H3,(H2,15,16,17,18)/p+1. The lowest BCUT2D eigenvalue weighted by atomic mass is 10.3. The minimum Gasteiger partial charge on any atom is -0.495 e. The van der Waals surface area contributed by atoms with Crippen LogP contribution >= 0.6 is 0 Å². The summed E-state index contributed by atoms with van der Waals surface area (Å²) in [5, 5.41) is 5.44. The Morgan fingerprint density at radius 3 is 2.63 bits per heavy atom. The molecule has 1 aromatic carbocycles. The lowest BCUT2D eigenvalue weighted by molar-refractivity contribution is -0.361. The molecule has 1 heterocycles. The smallest absolute Gasteiger partial charge is 0.411 e. The lowest BCUT2D eigenvalue weighted by Crippen LogP contribution is -2.24. The molecule has 2 rings (SSSR count). The van der Waals surface area contributed by atoms with E-state index in [1.54, 1.807) is 25.3 Å². The van der Waals surface area contributed by atoms with Crippen LogP contribution in [0.15, 0.2) is 42.6 Å². The highest BCUT2D eigenvalue weighted by Crippen LogP contribution is 2.22. The minimum absolute atomic E-state index is 0.329. The second-order valence-corrected chi connectivity index (χ2v) is 4.06. The number of aryl methyl sites for hydroxylation is 1.